The van der Waals surface area contributed by atoms with Crippen LogP contribution in [0.3, 0.4) is 0 Å². The van der Waals surface area contributed by atoms with Gasteiger partial charge < -0.3 is 15.5 Å². The molecule has 6 nitrogen and oxygen atoms in total. The molecule has 1 atom stereocenters. The zero-order valence-electron chi connectivity index (χ0n) is 11.5. The fraction of sp³-hybridized carbons (Fsp3) is 0.462. The number of aliphatic hydroxyl groups is 1. The average Bonchev–Trinajstić information content (AvgIpc) is 2.33. The van der Waals surface area contributed by atoms with Crippen molar-refractivity contribution >= 4 is 23.5 Å². The molecule has 1 amide bonds. The van der Waals surface area contributed by atoms with Crippen LogP contribution in [-0.2, 0) is 10.2 Å². The van der Waals surface area contributed by atoms with E-state index in [2.05, 4.69) is 10.3 Å². The van der Waals surface area contributed by atoms with E-state index in [1.807, 2.05) is 20.8 Å². The zero-order chi connectivity index (χ0) is 15.5. The Morgan fingerprint density at radius 2 is 2.00 bits per heavy atom. The van der Waals surface area contributed by atoms with Crippen molar-refractivity contribution in [3.05, 3.63) is 28.5 Å². The van der Waals surface area contributed by atoms with Crippen LogP contribution in [-0.4, -0.2) is 39.7 Å². The number of aliphatic carboxylic acids is 1. The summed E-state index contributed by atoms with van der Waals surface area (Å²) in [5.41, 5.74) is 0.641. The van der Waals surface area contributed by atoms with Crippen molar-refractivity contribution in [1.29, 1.82) is 0 Å². The topological polar surface area (TPSA) is 99.5 Å². The van der Waals surface area contributed by atoms with Crippen molar-refractivity contribution in [3.63, 3.8) is 0 Å². The number of nitrogens with one attached hydrogen (secondary N) is 1. The fourth-order valence-corrected chi connectivity index (χ4v) is 1.60. The standard InChI is InChI=1S/C13H17ClN2O4/c1-13(2,3)9-4-7(5-10(14)16-9)11(18)15-6-8(17)12(19)20/h4-5,8,17H,6H2,1-3H3,(H,15,18)(H,19,20)/t8-/m0/s1. The normalized spacial score (nSPS) is 12.8. The average molecular weight is 301 g/mol. The molecule has 0 aromatic carbocycles. The first kappa shape index (κ1) is 16.4. The molecular formula is C13H17ClN2O4. The molecule has 0 spiro atoms. The third-order valence-electron chi connectivity index (χ3n) is 2.57. The van der Waals surface area contributed by atoms with Gasteiger partial charge in [-0.2, -0.15) is 0 Å². The largest absolute Gasteiger partial charge is 0.479 e. The summed E-state index contributed by atoms with van der Waals surface area (Å²) in [5.74, 6) is -1.91. The summed E-state index contributed by atoms with van der Waals surface area (Å²) in [6.45, 7) is 5.42. The van der Waals surface area contributed by atoms with Crippen LogP contribution >= 0.6 is 11.6 Å². The number of rotatable bonds is 4. The predicted octanol–water partition coefficient (Wildman–Crippen LogP) is 1.21. The highest BCUT2D eigenvalue weighted by atomic mass is 35.5. The highest BCUT2D eigenvalue weighted by molar-refractivity contribution is 6.29. The Balaban J connectivity index is 2.88. The van der Waals surface area contributed by atoms with Gasteiger partial charge >= 0.3 is 5.97 Å². The third kappa shape index (κ3) is 4.47. The Morgan fingerprint density at radius 1 is 1.40 bits per heavy atom. The predicted molar refractivity (Wildman–Crippen MR) is 73.9 cm³/mol. The zero-order valence-corrected chi connectivity index (χ0v) is 12.2. The minimum Gasteiger partial charge on any atom is -0.479 e. The van der Waals surface area contributed by atoms with Crippen molar-refractivity contribution in [1.82, 2.24) is 10.3 Å². The van der Waals surface area contributed by atoms with Crippen LogP contribution in [0.2, 0.25) is 5.15 Å². The Labute approximate surface area is 121 Å². The molecule has 1 aromatic heterocycles. The van der Waals surface area contributed by atoms with Crippen LogP contribution in [0.25, 0.3) is 0 Å². The van der Waals surface area contributed by atoms with Gasteiger partial charge in [-0.1, -0.05) is 32.4 Å². The van der Waals surface area contributed by atoms with Crippen molar-refractivity contribution < 1.29 is 19.8 Å². The number of hydrogen-bond acceptors (Lipinski definition) is 4. The van der Waals surface area contributed by atoms with Gasteiger partial charge in [0.2, 0.25) is 0 Å². The van der Waals surface area contributed by atoms with Crippen LogP contribution in [0.15, 0.2) is 12.1 Å². The Kier molecular flexibility index (Phi) is 5.08. The van der Waals surface area contributed by atoms with E-state index in [9.17, 15) is 9.59 Å². The van der Waals surface area contributed by atoms with Gasteiger partial charge in [0.25, 0.3) is 5.91 Å². The number of aromatic nitrogens is 1. The molecule has 1 heterocycles. The van der Waals surface area contributed by atoms with Gasteiger partial charge in [0.05, 0.1) is 6.54 Å². The highest BCUT2D eigenvalue weighted by Gasteiger charge is 2.20. The van der Waals surface area contributed by atoms with E-state index in [0.29, 0.717) is 5.69 Å². The number of carbonyl (C=O) groups is 2. The molecule has 0 saturated heterocycles. The summed E-state index contributed by atoms with van der Waals surface area (Å²) in [7, 11) is 0. The quantitative estimate of drug-likeness (QED) is 0.726. The number of nitrogens with zero attached hydrogens (tertiary/aromatic N) is 1. The Bertz CT molecular complexity index is 526. The molecule has 1 aromatic rings. The Morgan fingerprint density at radius 3 is 2.50 bits per heavy atom. The lowest BCUT2D eigenvalue weighted by atomic mass is 9.91. The molecule has 1 rings (SSSR count). The molecular weight excluding hydrogens is 284 g/mol. The van der Waals surface area contributed by atoms with E-state index in [0.717, 1.165) is 0 Å². The number of carboxylic acid groups (broad SMARTS) is 1. The lowest BCUT2D eigenvalue weighted by Gasteiger charge is -2.18. The molecule has 3 N–H and O–H groups in total. The van der Waals surface area contributed by atoms with Crippen LogP contribution in [0.5, 0.6) is 0 Å². The molecule has 7 heteroatoms. The third-order valence-corrected chi connectivity index (χ3v) is 2.76. The van der Waals surface area contributed by atoms with Crippen molar-refractivity contribution in [2.75, 3.05) is 6.54 Å². The van der Waals surface area contributed by atoms with Gasteiger partial charge in [0.1, 0.15) is 5.15 Å². The second kappa shape index (κ2) is 6.19. The summed E-state index contributed by atoms with van der Waals surface area (Å²) in [4.78, 5) is 26.5. The van der Waals surface area contributed by atoms with Crippen LogP contribution in [0, 0.1) is 0 Å². The van der Waals surface area contributed by atoms with E-state index >= 15 is 0 Å². The lowest BCUT2D eigenvalue weighted by molar-refractivity contribution is -0.146. The second-order valence-corrected chi connectivity index (χ2v) is 5.77. The number of carboxylic acids is 1. The van der Waals surface area contributed by atoms with Gasteiger partial charge in [0.15, 0.2) is 6.10 Å². The maximum atomic E-state index is 11.9. The van der Waals surface area contributed by atoms with E-state index in [1.54, 1.807) is 6.07 Å². The SMILES string of the molecule is CC(C)(C)c1cc(C(=O)NC[C@H](O)C(=O)O)cc(Cl)n1. The van der Waals surface area contributed by atoms with E-state index in [1.165, 1.54) is 6.07 Å². The number of hydrogen-bond donors (Lipinski definition) is 3. The molecule has 0 unspecified atom stereocenters. The molecule has 0 aliphatic rings. The number of pyridine rings is 1. The van der Waals surface area contributed by atoms with E-state index in [4.69, 9.17) is 21.8 Å². The van der Waals surface area contributed by atoms with Crippen LogP contribution < -0.4 is 5.32 Å². The second-order valence-electron chi connectivity index (χ2n) is 5.38. The van der Waals surface area contributed by atoms with Crippen molar-refractivity contribution in [2.45, 2.75) is 32.3 Å². The van der Waals surface area contributed by atoms with Crippen LogP contribution in [0.4, 0.5) is 0 Å². The number of halogens is 1. The van der Waals surface area contributed by atoms with Crippen LogP contribution in [0.1, 0.15) is 36.8 Å². The summed E-state index contributed by atoms with van der Waals surface area (Å²) in [6, 6.07) is 2.98. The van der Waals surface area contributed by atoms with E-state index in [-0.39, 0.29) is 22.7 Å². The molecule has 0 saturated carbocycles. The minimum atomic E-state index is -1.64. The summed E-state index contributed by atoms with van der Waals surface area (Å²) < 4.78 is 0. The fourth-order valence-electron chi connectivity index (χ4n) is 1.39. The Hall–Kier alpha value is -1.66. The van der Waals surface area contributed by atoms with Gasteiger partial charge in [0, 0.05) is 16.7 Å². The summed E-state index contributed by atoms with van der Waals surface area (Å²) in [5, 5.41) is 20.1. The summed E-state index contributed by atoms with van der Waals surface area (Å²) >= 11 is 5.88. The van der Waals surface area contributed by atoms with Gasteiger partial charge in [-0.15, -0.1) is 0 Å². The molecule has 110 valence electrons. The molecule has 0 aliphatic heterocycles. The smallest absolute Gasteiger partial charge is 0.334 e. The number of aliphatic hydroxyl groups excluding tert-OH is 1. The molecule has 20 heavy (non-hydrogen) atoms. The number of amides is 1. The van der Waals surface area contributed by atoms with Gasteiger partial charge in [-0.25, -0.2) is 9.78 Å². The molecule has 0 fully saturated rings. The van der Waals surface area contributed by atoms with Crippen molar-refractivity contribution in [2.24, 2.45) is 0 Å². The van der Waals surface area contributed by atoms with Gasteiger partial charge in [-0.05, 0) is 12.1 Å². The first-order chi connectivity index (χ1) is 9.11. The minimum absolute atomic E-state index is 0.182. The molecule has 0 bridgehead atoms. The van der Waals surface area contributed by atoms with Crippen molar-refractivity contribution in [3.8, 4) is 0 Å². The number of carbonyl (C=O) groups excluding carboxylic acids is 1. The summed E-state index contributed by atoms with van der Waals surface area (Å²) in [6.07, 6.45) is -1.64. The van der Waals surface area contributed by atoms with Gasteiger partial charge in [-0.3, -0.25) is 4.79 Å². The monoisotopic (exact) mass is 300 g/mol. The lowest BCUT2D eigenvalue weighted by Crippen LogP contribution is -2.36. The highest BCUT2D eigenvalue weighted by Crippen LogP contribution is 2.23. The maximum Gasteiger partial charge on any atom is 0.334 e. The van der Waals surface area contributed by atoms with E-state index < -0.39 is 18.0 Å². The first-order valence-corrected chi connectivity index (χ1v) is 6.36. The maximum absolute atomic E-state index is 11.9. The molecule has 0 radical (unpaired) electrons. The molecule has 0 aliphatic carbocycles. The first-order valence-electron chi connectivity index (χ1n) is 5.98.